The minimum Gasteiger partial charge on any atom is -0.393 e. The van der Waals surface area contributed by atoms with E-state index in [2.05, 4.69) is 0 Å². The number of ether oxygens (including phenoxy) is 25. The van der Waals surface area contributed by atoms with Crippen LogP contribution in [0.15, 0.2) is 0 Å². The van der Waals surface area contributed by atoms with Gasteiger partial charge in [-0.15, -0.1) is 0 Å². The summed E-state index contributed by atoms with van der Waals surface area (Å²) in [4.78, 5) is 23.2. The third-order valence-corrected chi connectivity index (χ3v) is 11.7. The van der Waals surface area contributed by atoms with Crippen molar-refractivity contribution >= 4 is 12.1 Å². The number of ketones is 1. The van der Waals surface area contributed by atoms with Crippen molar-refractivity contribution in [1.29, 1.82) is 0 Å². The van der Waals surface area contributed by atoms with Crippen LogP contribution < -0.4 is 0 Å². The van der Waals surface area contributed by atoms with Gasteiger partial charge in [0.25, 0.3) is 0 Å². The van der Waals surface area contributed by atoms with E-state index in [-0.39, 0.29) is 18.3 Å². The molecule has 1 N–H and O–H groups in total. The van der Waals surface area contributed by atoms with E-state index in [4.69, 9.17) is 118 Å². The van der Waals surface area contributed by atoms with Gasteiger partial charge in [0.1, 0.15) is 12.1 Å². The molecule has 89 heavy (non-hydrogen) atoms. The van der Waals surface area contributed by atoms with Crippen molar-refractivity contribution in [3.63, 3.8) is 0 Å². The van der Waals surface area contributed by atoms with Crippen LogP contribution in [0.25, 0.3) is 0 Å². The summed E-state index contributed by atoms with van der Waals surface area (Å²) in [7, 11) is 3.28. The number of carbonyl (C=O) groups excluding carboxylic acids is 2. The standard InChI is InChI=1S/C61H120O28/c1-65-16-18-69-24-26-73-32-34-77-40-42-81-48-50-85-54-52-83-46-44-79-38-36-75-30-28-71-22-20-67-11-3-6-60(63)8-14-88-57-59(56-87-13-5-10-62)58-89-15-9-61(64)7-4-12-68-21-23-72-29-31-76-37-39-80-45-47-84-53-55-86-51-49-82-43-41-78-35-33-74-27-25-70-19-17-66-2/h10,59-60,63H,3-9,11-58H2,1-2H3. The van der Waals surface area contributed by atoms with Gasteiger partial charge in [-0.3, -0.25) is 4.79 Å². The van der Waals surface area contributed by atoms with Gasteiger partial charge >= 0.3 is 0 Å². The van der Waals surface area contributed by atoms with E-state index in [1.54, 1.807) is 14.2 Å². The maximum absolute atomic E-state index is 12.4. The molecule has 0 aromatic heterocycles. The van der Waals surface area contributed by atoms with Crippen LogP contribution in [0.5, 0.6) is 0 Å². The highest BCUT2D eigenvalue weighted by molar-refractivity contribution is 5.78. The summed E-state index contributed by atoms with van der Waals surface area (Å²) in [5, 5.41) is 10.4. The number of aldehydes is 1. The third-order valence-electron chi connectivity index (χ3n) is 11.7. The maximum atomic E-state index is 12.4. The van der Waals surface area contributed by atoms with Gasteiger partial charge in [0.15, 0.2) is 0 Å². The third kappa shape index (κ3) is 78.7. The molecule has 0 aromatic rings. The highest BCUT2D eigenvalue weighted by Gasteiger charge is 2.13. The molecule has 2 unspecified atom stereocenters. The molecular formula is C61H120O28. The summed E-state index contributed by atoms with van der Waals surface area (Å²) < 4.78 is 137. The molecule has 0 rings (SSSR count). The van der Waals surface area contributed by atoms with Crippen LogP contribution >= 0.6 is 0 Å². The average Bonchev–Trinajstić information content (AvgIpc) is 3.54. The van der Waals surface area contributed by atoms with Gasteiger partial charge in [0.2, 0.25) is 0 Å². The van der Waals surface area contributed by atoms with Gasteiger partial charge in [0.05, 0.1) is 303 Å². The molecule has 0 aromatic carbocycles. The number of carbonyl (C=O) groups is 2. The van der Waals surface area contributed by atoms with Crippen LogP contribution in [0.4, 0.5) is 0 Å². The molecule has 0 aliphatic carbocycles. The highest BCUT2D eigenvalue weighted by Crippen LogP contribution is 2.07. The van der Waals surface area contributed by atoms with Crippen molar-refractivity contribution in [2.45, 2.75) is 51.0 Å². The van der Waals surface area contributed by atoms with Gasteiger partial charge in [-0.2, -0.15) is 0 Å². The smallest absolute Gasteiger partial charge is 0.135 e. The Hall–Kier alpha value is -1.70. The second kappa shape index (κ2) is 80.5. The number of aliphatic hydroxyl groups is 1. The van der Waals surface area contributed by atoms with Crippen LogP contribution in [0.3, 0.4) is 0 Å². The lowest BCUT2D eigenvalue weighted by molar-refractivity contribution is -0.120. The van der Waals surface area contributed by atoms with E-state index < -0.39 is 6.10 Å². The van der Waals surface area contributed by atoms with Crippen molar-refractivity contribution in [1.82, 2.24) is 0 Å². The van der Waals surface area contributed by atoms with Crippen LogP contribution in [-0.2, 0) is 128 Å². The topological polar surface area (TPSA) is 285 Å². The second-order valence-corrected chi connectivity index (χ2v) is 19.3. The summed E-state index contributed by atoms with van der Waals surface area (Å²) in [5.74, 6) is 0.0141. The summed E-state index contributed by atoms with van der Waals surface area (Å²) >= 11 is 0. The number of aliphatic hydroxyl groups excluding tert-OH is 1. The fourth-order valence-electron chi connectivity index (χ4n) is 6.94. The first kappa shape index (κ1) is 87.3. The molecule has 0 amide bonds. The molecule has 0 aliphatic heterocycles. The Morgan fingerprint density at radius 2 is 0.506 bits per heavy atom. The quantitative estimate of drug-likeness (QED) is 0.0674. The van der Waals surface area contributed by atoms with Gasteiger partial charge in [0, 0.05) is 59.2 Å². The Kier molecular flexibility index (Phi) is 79.0. The number of rotatable bonds is 83. The minimum absolute atomic E-state index is 0.0864. The van der Waals surface area contributed by atoms with Gasteiger partial charge < -0.3 is 128 Å². The van der Waals surface area contributed by atoms with Gasteiger partial charge in [-0.25, -0.2) is 0 Å². The van der Waals surface area contributed by atoms with E-state index in [9.17, 15) is 14.7 Å². The SMILES string of the molecule is COCCOCCOCCOCCOCCOCCOCCOCCOCCOCCOCCCC(=O)CCOCC(COCCC=O)COCCC(O)CCCOCCOCCOCCOCCOCCOCCOCCOCCOCCOCCOC. The number of methoxy groups -OCH3 is 2. The van der Waals surface area contributed by atoms with E-state index in [0.717, 1.165) is 6.29 Å². The zero-order chi connectivity index (χ0) is 64.0. The first-order valence-electron chi connectivity index (χ1n) is 32.0. The van der Waals surface area contributed by atoms with E-state index in [0.29, 0.717) is 355 Å². The molecular weight excluding hydrogens is 1180 g/mol. The zero-order valence-electron chi connectivity index (χ0n) is 54.6. The van der Waals surface area contributed by atoms with Crippen molar-refractivity contribution in [2.24, 2.45) is 5.92 Å². The predicted molar refractivity (Wildman–Crippen MR) is 325 cm³/mol. The van der Waals surface area contributed by atoms with Crippen molar-refractivity contribution in [2.75, 3.05) is 331 Å². The summed E-state index contributed by atoms with van der Waals surface area (Å²) in [5.41, 5.74) is 0. The fraction of sp³-hybridized carbons (Fsp3) is 0.967. The Balaban J connectivity index is 3.53. The summed E-state index contributed by atoms with van der Waals surface area (Å²) in [6.07, 6.45) is 3.70. The largest absolute Gasteiger partial charge is 0.393 e. The lowest BCUT2D eigenvalue weighted by atomic mass is 10.1. The molecule has 28 heteroatoms. The van der Waals surface area contributed by atoms with E-state index in [1.165, 1.54) is 0 Å². The molecule has 0 bridgehead atoms. The molecule has 0 spiro atoms. The molecule has 0 fully saturated rings. The number of Topliss-reactive ketones (excluding diaryl/α,β-unsaturated/α-hetero) is 1. The average molecular weight is 1300 g/mol. The normalized spacial score (nSPS) is 12.4. The second-order valence-electron chi connectivity index (χ2n) is 19.3. The number of hydrogen-bond acceptors (Lipinski definition) is 28. The molecule has 0 aliphatic rings. The van der Waals surface area contributed by atoms with E-state index >= 15 is 0 Å². The van der Waals surface area contributed by atoms with Gasteiger partial charge in [-0.05, 0) is 25.7 Å². The van der Waals surface area contributed by atoms with Crippen LogP contribution in [0.2, 0.25) is 0 Å². The molecule has 0 radical (unpaired) electrons. The van der Waals surface area contributed by atoms with Crippen LogP contribution in [0, 0.1) is 5.92 Å². The first-order valence-corrected chi connectivity index (χ1v) is 32.0. The van der Waals surface area contributed by atoms with Crippen LogP contribution in [-0.4, -0.2) is 355 Å². The Labute approximate surface area is 532 Å². The number of hydrogen-bond donors (Lipinski definition) is 1. The van der Waals surface area contributed by atoms with Crippen molar-refractivity contribution in [3.05, 3.63) is 0 Å². The Bertz CT molecular complexity index is 1320. The minimum atomic E-state index is -0.516. The molecule has 0 saturated carbocycles. The fourth-order valence-corrected chi connectivity index (χ4v) is 6.94. The lowest BCUT2D eigenvalue weighted by Crippen LogP contribution is -2.24. The van der Waals surface area contributed by atoms with Crippen molar-refractivity contribution < 1.29 is 133 Å². The predicted octanol–water partition coefficient (Wildman–Crippen LogP) is 2.14. The Morgan fingerprint density at radius 1 is 0.270 bits per heavy atom. The highest BCUT2D eigenvalue weighted by atomic mass is 16.6. The monoisotopic (exact) mass is 1300 g/mol. The summed E-state index contributed by atoms with van der Waals surface area (Å²) in [6.45, 7) is 22.8. The molecule has 2 atom stereocenters. The van der Waals surface area contributed by atoms with Crippen molar-refractivity contribution in [3.8, 4) is 0 Å². The molecule has 28 nitrogen and oxygen atoms in total. The lowest BCUT2D eigenvalue weighted by Gasteiger charge is -2.18. The molecule has 0 saturated heterocycles. The van der Waals surface area contributed by atoms with Gasteiger partial charge in [-0.1, -0.05) is 0 Å². The van der Waals surface area contributed by atoms with E-state index in [1.807, 2.05) is 0 Å². The van der Waals surface area contributed by atoms with Crippen LogP contribution in [0.1, 0.15) is 44.9 Å². The maximum Gasteiger partial charge on any atom is 0.135 e. The molecule has 0 heterocycles. The zero-order valence-corrected chi connectivity index (χ0v) is 54.6. The first-order chi connectivity index (χ1) is 44.1. The summed E-state index contributed by atoms with van der Waals surface area (Å²) in [6, 6.07) is 0. The molecule has 532 valence electrons. The Morgan fingerprint density at radius 3 is 0.775 bits per heavy atom.